The molecular formula is C54H62O10. The molecule has 8 N–H and O–H groups in total. The van der Waals surface area contributed by atoms with Gasteiger partial charge in [0.05, 0.1) is 12.5 Å². The maximum absolute atomic E-state index is 12.0. The summed E-state index contributed by atoms with van der Waals surface area (Å²) in [4.78, 5) is 12.0. The van der Waals surface area contributed by atoms with Crippen molar-refractivity contribution >= 4 is 5.97 Å². The number of esters is 1. The molecule has 0 bridgehead atoms. The second kappa shape index (κ2) is 24.4. The van der Waals surface area contributed by atoms with Crippen molar-refractivity contribution < 1.29 is 50.4 Å². The Balaban J connectivity index is 0.000000181. The van der Waals surface area contributed by atoms with E-state index in [9.17, 15) is 45.6 Å². The van der Waals surface area contributed by atoms with Gasteiger partial charge in [-0.2, -0.15) is 0 Å². The zero-order chi connectivity index (χ0) is 46.0. The van der Waals surface area contributed by atoms with E-state index in [0.29, 0.717) is 55.6 Å². The number of carbonyl (C=O) groups excluding carboxylic acids is 1. The van der Waals surface area contributed by atoms with E-state index < -0.39 is 0 Å². The number of carbonyl (C=O) groups is 1. The summed E-state index contributed by atoms with van der Waals surface area (Å²) >= 11 is 0. The highest BCUT2D eigenvalue weighted by atomic mass is 16.5. The Kier molecular flexibility index (Phi) is 18.5. The number of rotatable bonds is 16. The summed E-state index contributed by atoms with van der Waals surface area (Å²) in [6, 6.07) is 43.0. The Morgan fingerprint density at radius 1 is 0.484 bits per heavy atom. The molecule has 1 aliphatic heterocycles. The predicted octanol–water partition coefficient (Wildman–Crippen LogP) is 9.56. The summed E-state index contributed by atoms with van der Waals surface area (Å²) in [6.07, 6.45) is 4.48. The Morgan fingerprint density at radius 3 is 1.20 bits per heavy atom. The van der Waals surface area contributed by atoms with E-state index in [0.717, 1.165) is 35.1 Å². The lowest BCUT2D eigenvalue weighted by Gasteiger charge is -2.26. The molecule has 0 aromatic heterocycles. The minimum Gasteiger partial charge on any atom is -0.508 e. The van der Waals surface area contributed by atoms with Crippen molar-refractivity contribution in [1.82, 2.24) is 0 Å². The van der Waals surface area contributed by atoms with E-state index in [2.05, 4.69) is 13.8 Å². The van der Waals surface area contributed by atoms with Crippen LogP contribution in [0, 0.1) is 23.7 Å². The number of phenols is 6. The average Bonchev–Trinajstić information content (AvgIpc) is 3.62. The average molecular weight is 871 g/mol. The number of ether oxygens (including phenoxy) is 1. The van der Waals surface area contributed by atoms with Crippen LogP contribution < -0.4 is 0 Å². The first-order valence-corrected chi connectivity index (χ1v) is 22.0. The van der Waals surface area contributed by atoms with Crippen LogP contribution in [-0.4, -0.2) is 66.6 Å². The quantitative estimate of drug-likeness (QED) is 0.0435. The fraction of sp³-hybridized carbons (Fsp3) is 0.315. The number of benzene rings is 6. The molecule has 0 saturated carbocycles. The standard InChI is InChI=1S/C18H18O4.C18H22O4.C18H22O2/c19-15-5-1-3-12(8-15)7-14-11-22-18(21)17(14)10-13-4-2-6-16(20)9-13;19-11-15(7-13-3-1-5-17(21)9-13)16(12-20)8-14-4-2-6-18(22)10-14;1-3-17(13-5-9-15(19)10-6-13)18(4-2)14-7-11-16(20)12-8-14/h1-6,8-9,14,17,19-20H,7,10-11H2;1-6,9-10,15-16,19-22H,7-8,11-12H2;5-12,17-20H,3-4H2,1-2H3/t14-,17+;15-,16-;17-,18+/m00./s1. The van der Waals surface area contributed by atoms with E-state index >= 15 is 0 Å². The molecule has 0 aliphatic carbocycles. The van der Waals surface area contributed by atoms with Crippen LogP contribution in [0.3, 0.4) is 0 Å². The molecule has 1 fully saturated rings. The Hall–Kier alpha value is -6.49. The second-order valence-electron chi connectivity index (χ2n) is 16.6. The zero-order valence-corrected chi connectivity index (χ0v) is 36.6. The molecule has 64 heavy (non-hydrogen) atoms. The Labute approximate surface area is 376 Å². The highest BCUT2D eigenvalue weighted by Crippen LogP contribution is 2.39. The third-order valence-corrected chi connectivity index (χ3v) is 12.0. The molecule has 0 unspecified atom stereocenters. The van der Waals surface area contributed by atoms with Gasteiger partial charge in [-0.05, 0) is 168 Å². The monoisotopic (exact) mass is 870 g/mol. The highest BCUT2D eigenvalue weighted by Gasteiger charge is 2.37. The van der Waals surface area contributed by atoms with E-state index in [1.165, 1.54) is 11.1 Å². The molecule has 0 spiro atoms. The van der Waals surface area contributed by atoms with Gasteiger partial charge in [0.2, 0.25) is 0 Å². The van der Waals surface area contributed by atoms with Gasteiger partial charge in [0.15, 0.2) is 0 Å². The number of phenolic OH excluding ortho intramolecular Hbond substituents is 6. The Morgan fingerprint density at radius 2 is 0.844 bits per heavy atom. The molecule has 10 heteroatoms. The van der Waals surface area contributed by atoms with E-state index in [1.807, 2.05) is 48.5 Å². The number of cyclic esters (lactones) is 1. The van der Waals surface area contributed by atoms with Crippen molar-refractivity contribution in [2.24, 2.45) is 23.7 Å². The summed E-state index contributed by atoms with van der Waals surface area (Å²) in [5.41, 5.74) is 6.27. The smallest absolute Gasteiger partial charge is 0.309 e. The molecule has 338 valence electrons. The number of aliphatic hydroxyl groups is 2. The molecule has 6 aromatic carbocycles. The normalized spacial score (nSPS) is 16.2. The van der Waals surface area contributed by atoms with Crippen molar-refractivity contribution in [2.75, 3.05) is 19.8 Å². The van der Waals surface area contributed by atoms with Gasteiger partial charge < -0.3 is 45.6 Å². The van der Waals surface area contributed by atoms with E-state index in [1.54, 1.807) is 97.1 Å². The van der Waals surface area contributed by atoms with Crippen LogP contribution in [0.4, 0.5) is 0 Å². The number of aliphatic hydroxyl groups excluding tert-OH is 2. The number of hydrogen-bond donors (Lipinski definition) is 8. The van der Waals surface area contributed by atoms with E-state index in [4.69, 9.17) is 4.74 Å². The Bertz CT molecular complexity index is 2220. The van der Waals surface area contributed by atoms with Crippen molar-refractivity contribution in [2.45, 2.75) is 64.2 Å². The van der Waals surface area contributed by atoms with Crippen LogP contribution in [-0.2, 0) is 35.2 Å². The maximum Gasteiger partial charge on any atom is 0.309 e. The lowest BCUT2D eigenvalue weighted by atomic mass is 9.78. The minimum absolute atomic E-state index is 0.0420. The summed E-state index contributed by atoms with van der Waals surface area (Å²) in [6.45, 7) is 4.71. The second-order valence-corrected chi connectivity index (χ2v) is 16.6. The molecule has 1 saturated heterocycles. The van der Waals surface area contributed by atoms with Crippen molar-refractivity contribution in [3.8, 4) is 34.5 Å². The van der Waals surface area contributed by atoms with Gasteiger partial charge in [-0.15, -0.1) is 0 Å². The first-order valence-electron chi connectivity index (χ1n) is 22.0. The fourth-order valence-corrected chi connectivity index (χ4v) is 8.66. The van der Waals surface area contributed by atoms with Gasteiger partial charge in [0.1, 0.15) is 34.5 Å². The van der Waals surface area contributed by atoms with Gasteiger partial charge in [-0.1, -0.05) is 86.6 Å². The van der Waals surface area contributed by atoms with Gasteiger partial charge in [-0.3, -0.25) is 4.79 Å². The third-order valence-electron chi connectivity index (χ3n) is 12.0. The van der Waals surface area contributed by atoms with Crippen molar-refractivity contribution in [1.29, 1.82) is 0 Å². The zero-order valence-electron chi connectivity index (χ0n) is 36.6. The van der Waals surface area contributed by atoms with Crippen LogP contribution in [0.25, 0.3) is 0 Å². The molecule has 10 nitrogen and oxygen atoms in total. The van der Waals surface area contributed by atoms with E-state index in [-0.39, 0.29) is 65.9 Å². The first kappa shape index (κ1) is 48.5. The third kappa shape index (κ3) is 14.5. The lowest BCUT2D eigenvalue weighted by molar-refractivity contribution is -0.141. The summed E-state index contributed by atoms with van der Waals surface area (Å²) in [5, 5.41) is 76.3. The van der Waals surface area contributed by atoms with Gasteiger partial charge >= 0.3 is 5.97 Å². The summed E-state index contributed by atoms with van der Waals surface area (Å²) in [5.74, 6) is 1.72. The highest BCUT2D eigenvalue weighted by molar-refractivity contribution is 5.75. The molecule has 6 aromatic rings. The van der Waals surface area contributed by atoms with Gasteiger partial charge in [0.25, 0.3) is 0 Å². The van der Waals surface area contributed by atoms with Gasteiger partial charge in [-0.25, -0.2) is 0 Å². The predicted molar refractivity (Wildman–Crippen MR) is 249 cm³/mol. The number of aromatic hydroxyl groups is 6. The topological polar surface area (TPSA) is 188 Å². The molecule has 7 rings (SSSR count). The van der Waals surface area contributed by atoms with Gasteiger partial charge in [0, 0.05) is 19.1 Å². The minimum atomic E-state index is -0.218. The van der Waals surface area contributed by atoms with Crippen LogP contribution in [0.2, 0.25) is 0 Å². The molecule has 0 radical (unpaired) electrons. The van der Waals surface area contributed by atoms with Crippen molar-refractivity contribution in [3.05, 3.63) is 179 Å². The van der Waals surface area contributed by atoms with Crippen LogP contribution >= 0.6 is 0 Å². The molecular weight excluding hydrogens is 809 g/mol. The fourth-order valence-electron chi connectivity index (χ4n) is 8.66. The largest absolute Gasteiger partial charge is 0.508 e. The number of hydrogen-bond acceptors (Lipinski definition) is 10. The van der Waals surface area contributed by atoms with Crippen LogP contribution in [0.1, 0.15) is 71.9 Å². The molecule has 1 aliphatic rings. The van der Waals surface area contributed by atoms with Crippen LogP contribution in [0.5, 0.6) is 34.5 Å². The lowest BCUT2D eigenvalue weighted by Crippen LogP contribution is -2.26. The molecule has 1 heterocycles. The SMILES string of the molecule is CC[C@H](c1ccc(O)cc1)[C@@H](CC)c1ccc(O)cc1.O=C1OC[C@H](Cc2cccc(O)c2)[C@H]1Cc1cccc(O)c1.OC[C@H](Cc1cccc(O)c1)[C@H](CO)Cc1cccc(O)c1. The summed E-state index contributed by atoms with van der Waals surface area (Å²) < 4.78 is 5.22. The maximum atomic E-state index is 12.0. The summed E-state index contributed by atoms with van der Waals surface area (Å²) in [7, 11) is 0. The molecule has 6 atom stereocenters. The van der Waals surface area contributed by atoms with Crippen LogP contribution in [0.15, 0.2) is 146 Å². The first-order chi connectivity index (χ1) is 30.9. The molecule has 0 amide bonds. The van der Waals surface area contributed by atoms with Crippen molar-refractivity contribution in [3.63, 3.8) is 0 Å².